The van der Waals surface area contributed by atoms with Crippen molar-refractivity contribution in [3.05, 3.63) is 81.6 Å². The Hall–Kier alpha value is -3.92. The Balaban J connectivity index is 1.80. The summed E-state index contributed by atoms with van der Waals surface area (Å²) in [5.74, 6) is -1.76. The number of carbonyl (C=O) groups excluding carboxylic acids is 1. The van der Waals surface area contributed by atoms with Gasteiger partial charge in [-0.3, -0.25) is 14.6 Å². The molecule has 4 rings (SSSR count). The zero-order valence-electron chi connectivity index (χ0n) is 15.8. The van der Waals surface area contributed by atoms with Gasteiger partial charge in [0.25, 0.3) is 5.56 Å². The van der Waals surface area contributed by atoms with E-state index in [4.69, 9.17) is 0 Å². The lowest BCUT2D eigenvalue weighted by atomic mass is 9.79. The van der Waals surface area contributed by atoms with E-state index in [1.165, 1.54) is 0 Å². The van der Waals surface area contributed by atoms with Crippen molar-refractivity contribution < 1.29 is 4.79 Å². The number of nitrogens with one attached hydrogen (secondary N) is 3. The Labute approximate surface area is 167 Å². The van der Waals surface area contributed by atoms with Gasteiger partial charge in [0.2, 0.25) is 11.9 Å². The summed E-state index contributed by atoms with van der Waals surface area (Å²) in [5, 5.41) is 15.2. The number of amides is 1. The van der Waals surface area contributed by atoms with Gasteiger partial charge in [0.05, 0.1) is 11.6 Å². The number of benzene rings is 2. The van der Waals surface area contributed by atoms with Gasteiger partial charge in [-0.1, -0.05) is 49.4 Å². The molecular formula is C22H19N5O2. The van der Waals surface area contributed by atoms with Gasteiger partial charge in [-0.05, 0) is 29.7 Å². The standard InChI is InChI=1S/C22H19N5O2/c1-2-13-8-10-14(11-9-13)17-16(12-23)20(28)25-19-18(17)21(29)27-22(26-19)24-15-6-4-3-5-7-15/h3-11,16-17H,2H2,1H3,(H3,24,25,26,27,28,29)/t16-,17+/m0/s1. The first-order chi connectivity index (χ1) is 14.1. The molecular weight excluding hydrogens is 366 g/mol. The van der Waals surface area contributed by atoms with E-state index in [1.807, 2.05) is 67.6 Å². The summed E-state index contributed by atoms with van der Waals surface area (Å²) >= 11 is 0. The number of nitriles is 1. The van der Waals surface area contributed by atoms with Gasteiger partial charge in [-0.25, -0.2) is 0 Å². The zero-order chi connectivity index (χ0) is 20.4. The second-order valence-corrected chi connectivity index (χ2v) is 6.84. The molecule has 2 atom stereocenters. The van der Waals surface area contributed by atoms with Crippen LogP contribution in [0.3, 0.4) is 0 Å². The quantitative estimate of drug-likeness (QED) is 0.638. The fourth-order valence-corrected chi connectivity index (χ4v) is 3.55. The van der Waals surface area contributed by atoms with Crippen molar-refractivity contribution in [3.63, 3.8) is 0 Å². The van der Waals surface area contributed by atoms with Gasteiger partial charge in [-0.2, -0.15) is 10.2 Å². The SMILES string of the molecule is CCc1ccc([C@H]2c3c(nc(Nc4ccccc4)[nH]c3=O)NC(=O)[C@H]2C#N)cc1. The number of hydrogen-bond acceptors (Lipinski definition) is 5. The summed E-state index contributed by atoms with van der Waals surface area (Å²) in [4.78, 5) is 32.6. The minimum absolute atomic E-state index is 0.174. The molecule has 0 spiro atoms. The van der Waals surface area contributed by atoms with E-state index in [0.717, 1.165) is 23.2 Å². The molecule has 29 heavy (non-hydrogen) atoms. The van der Waals surface area contributed by atoms with E-state index in [0.29, 0.717) is 5.56 Å². The third-order valence-electron chi connectivity index (χ3n) is 5.05. The zero-order valence-corrected chi connectivity index (χ0v) is 15.8. The van der Waals surface area contributed by atoms with Crippen molar-refractivity contribution in [1.82, 2.24) is 9.97 Å². The number of fused-ring (bicyclic) bond motifs is 1. The molecule has 0 bridgehead atoms. The average molecular weight is 385 g/mol. The van der Waals surface area contributed by atoms with E-state index in [1.54, 1.807) is 0 Å². The molecule has 7 nitrogen and oxygen atoms in total. The summed E-state index contributed by atoms with van der Waals surface area (Å²) in [6, 6.07) is 18.9. The largest absolute Gasteiger partial charge is 0.326 e. The third-order valence-corrected chi connectivity index (χ3v) is 5.05. The minimum Gasteiger partial charge on any atom is -0.326 e. The highest BCUT2D eigenvalue weighted by Crippen LogP contribution is 2.38. The maximum absolute atomic E-state index is 13.0. The van der Waals surface area contributed by atoms with Crippen LogP contribution in [0.15, 0.2) is 59.4 Å². The van der Waals surface area contributed by atoms with E-state index in [9.17, 15) is 14.9 Å². The Morgan fingerprint density at radius 2 is 1.83 bits per heavy atom. The first kappa shape index (κ1) is 18.4. The molecule has 1 aromatic heterocycles. The van der Waals surface area contributed by atoms with Crippen LogP contribution >= 0.6 is 0 Å². The lowest BCUT2D eigenvalue weighted by molar-refractivity contribution is -0.119. The van der Waals surface area contributed by atoms with Crippen LogP contribution in [0, 0.1) is 17.2 Å². The third kappa shape index (κ3) is 3.48. The van der Waals surface area contributed by atoms with Crippen LogP contribution in [0.1, 0.15) is 29.5 Å². The fourth-order valence-electron chi connectivity index (χ4n) is 3.55. The lowest BCUT2D eigenvalue weighted by Crippen LogP contribution is -2.38. The Morgan fingerprint density at radius 3 is 2.48 bits per heavy atom. The normalized spacial score (nSPS) is 17.7. The summed E-state index contributed by atoms with van der Waals surface area (Å²) in [5.41, 5.74) is 2.52. The second-order valence-electron chi connectivity index (χ2n) is 6.84. The Bertz CT molecular complexity index is 1150. The molecule has 1 aliphatic rings. The van der Waals surface area contributed by atoms with Gasteiger partial charge in [0, 0.05) is 11.6 Å². The molecule has 0 radical (unpaired) electrons. The average Bonchev–Trinajstić information content (AvgIpc) is 2.73. The van der Waals surface area contributed by atoms with Crippen LogP contribution in [-0.4, -0.2) is 15.9 Å². The topological polar surface area (TPSA) is 111 Å². The molecule has 0 saturated carbocycles. The van der Waals surface area contributed by atoms with Crippen LogP contribution in [-0.2, 0) is 11.2 Å². The number of aromatic amines is 1. The van der Waals surface area contributed by atoms with Gasteiger partial charge >= 0.3 is 0 Å². The summed E-state index contributed by atoms with van der Waals surface area (Å²) in [7, 11) is 0. The number of carbonyl (C=O) groups is 1. The molecule has 0 fully saturated rings. The van der Waals surface area contributed by atoms with Crippen LogP contribution in [0.5, 0.6) is 0 Å². The number of para-hydroxylation sites is 1. The van der Waals surface area contributed by atoms with Gasteiger partial charge in [0.15, 0.2) is 0 Å². The predicted octanol–water partition coefficient (Wildman–Crippen LogP) is 3.30. The number of anilines is 3. The van der Waals surface area contributed by atoms with Crippen LogP contribution < -0.4 is 16.2 Å². The molecule has 2 aromatic carbocycles. The maximum Gasteiger partial charge on any atom is 0.258 e. The number of H-pyrrole nitrogens is 1. The van der Waals surface area contributed by atoms with Crippen LogP contribution in [0.4, 0.5) is 17.5 Å². The number of aryl methyl sites for hydroxylation is 1. The fraction of sp³-hybridized carbons (Fsp3) is 0.182. The first-order valence-corrected chi connectivity index (χ1v) is 9.36. The highest BCUT2D eigenvalue weighted by atomic mass is 16.2. The predicted molar refractivity (Wildman–Crippen MR) is 110 cm³/mol. The molecule has 7 heteroatoms. The monoisotopic (exact) mass is 385 g/mol. The summed E-state index contributed by atoms with van der Waals surface area (Å²) in [6.45, 7) is 2.05. The molecule has 1 amide bonds. The van der Waals surface area contributed by atoms with Crippen molar-refractivity contribution in [3.8, 4) is 6.07 Å². The van der Waals surface area contributed by atoms with Crippen molar-refractivity contribution in [2.45, 2.75) is 19.3 Å². The van der Waals surface area contributed by atoms with Crippen LogP contribution in [0.25, 0.3) is 0 Å². The smallest absolute Gasteiger partial charge is 0.258 e. The molecule has 2 heterocycles. The summed E-state index contributed by atoms with van der Waals surface area (Å²) < 4.78 is 0. The second kappa shape index (κ2) is 7.60. The van der Waals surface area contributed by atoms with Gasteiger partial charge in [-0.15, -0.1) is 0 Å². The van der Waals surface area contributed by atoms with E-state index < -0.39 is 23.3 Å². The number of rotatable bonds is 4. The number of hydrogen-bond donors (Lipinski definition) is 3. The van der Waals surface area contributed by atoms with Crippen LogP contribution in [0.2, 0.25) is 0 Å². The highest BCUT2D eigenvalue weighted by molar-refractivity contribution is 5.98. The van der Waals surface area contributed by atoms with Crippen molar-refractivity contribution >= 4 is 23.4 Å². The molecule has 1 aliphatic heterocycles. The van der Waals surface area contributed by atoms with Crippen molar-refractivity contribution in [2.24, 2.45) is 5.92 Å². The van der Waals surface area contributed by atoms with Gasteiger partial charge < -0.3 is 10.6 Å². The van der Waals surface area contributed by atoms with E-state index >= 15 is 0 Å². The van der Waals surface area contributed by atoms with Crippen molar-refractivity contribution in [2.75, 3.05) is 10.6 Å². The maximum atomic E-state index is 13.0. The first-order valence-electron chi connectivity index (χ1n) is 9.36. The molecule has 3 N–H and O–H groups in total. The van der Waals surface area contributed by atoms with Gasteiger partial charge in [0.1, 0.15) is 11.7 Å². The minimum atomic E-state index is -1.01. The molecule has 0 saturated heterocycles. The lowest BCUT2D eigenvalue weighted by Gasteiger charge is -2.28. The molecule has 3 aromatic rings. The van der Waals surface area contributed by atoms with Crippen molar-refractivity contribution in [1.29, 1.82) is 5.26 Å². The highest BCUT2D eigenvalue weighted by Gasteiger charge is 2.40. The number of aromatic nitrogens is 2. The van der Waals surface area contributed by atoms with E-state index in [-0.39, 0.29) is 11.8 Å². The molecule has 144 valence electrons. The Kier molecular flexibility index (Phi) is 4.83. The summed E-state index contributed by atoms with van der Waals surface area (Å²) in [6.07, 6.45) is 0.875. The number of nitrogens with zero attached hydrogens (tertiary/aromatic N) is 2. The molecule has 0 aliphatic carbocycles. The molecule has 0 unspecified atom stereocenters. The Morgan fingerprint density at radius 1 is 1.10 bits per heavy atom. The van der Waals surface area contributed by atoms with E-state index in [2.05, 4.69) is 20.6 Å².